The summed E-state index contributed by atoms with van der Waals surface area (Å²) in [6.07, 6.45) is 0. The summed E-state index contributed by atoms with van der Waals surface area (Å²) in [5, 5.41) is 12.2. The van der Waals surface area contributed by atoms with E-state index in [1.807, 2.05) is 32.0 Å². The van der Waals surface area contributed by atoms with Crippen LogP contribution in [0.25, 0.3) is 0 Å². The van der Waals surface area contributed by atoms with Gasteiger partial charge >= 0.3 is 0 Å². The topological polar surface area (TPSA) is 54.9 Å². The Labute approximate surface area is 123 Å². The van der Waals surface area contributed by atoms with Gasteiger partial charge in [-0.1, -0.05) is 37.3 Å². The lowest BCUT2D eigenvalue weighted by Gasteiger charge is -2.03. The molecule has 94 valence electrons. The van der Waals surface area contributed by atoms with Gasteiger partial charge in [-0.25, -0.2) is 0 Å². The second-order valence-corrected chi connectivity index (χ2v) is 6.21. The van der Waals surface area contributed by atoms with Crippen LogP contribution in [0.15, 0.2) is 24.3 Å². The number of nitrogens with zero attached hydrogens (tertiary/aromatic N) is 2. The molecule has 1 amide bonds. The standard InChI is InChI=1S/C12H12IN3OS/c1-7(2)11-15-16-12(18-11)14-10(17)8-5-3-4-6-9(8)13/h3-7H,1-2H3,(H,14,16,17). The van der Waals surface area contributed by atoms with Gasteiger partial charge in [-0.05, 0) is 34.7 Å². The molecule has 0 spiro atoms. The van der Waals surface area contributed by atoms with Gasteiger partial charge in [0, 0.05) is 9.49 Å². The van der Waals surface area contributed by atoms with Crippen molar-refractivity contribution < 1.29 is 4.79 Å². The number of rotatable bonds is 3. The average molecular weight is 373 g/mol. The van der Waals surface area contributed by atoms with Crippen molar-refractivity contribution in [2.24, 2.45) is 0 Å². The molecule has 0 aliphatic carbocycles. The summed E-state index contributed by atoms with van der Waals surface area (Å²) in [6, 6.07) is 7.44. The fourth-order valence-electron chi connectivity index (χ4n) is 1.33. The largest absolute Gasteiger partial charge is 0.296 e. The molecule has 0 saturated carbocycles. The smallest absolute Gasteiger partial charge is 0.258 e. The van der Waals surface area contributed by atoms with Gasteiger partial charge in [-0.15, -0.1) is 10.2 Å². The van der Waals surface area contributed by atoms with Gasteiger partial charge in [0.25, 0.3) is 5.91 Å². The molecular weight excluding hydrogens is 361 g/mol. The van der Waals surface area contributed by atoms with Crippen molar-refractivity contribution in [2.45, 2.75) is 19.8 Å². The van der Waals surface area contributed by atoms with Crippen LogP contribution >= 0.6 is 33.9 Å². The third kappa shape index (κ3) is 3.05. The molecule has 1 N–H and O–H groups in total. The van der Waals surface area contributed by atoms with Gasteiger partial charge in [-0.3, -0.25) is 10.1 Å². The molecule has 0 fully saturated rings. The lowest BCUT2D eigenvalue weighted by molar-refractivity contribution is 0.102. The summed E-state index contributed by atoms with van der Waals surface area (Å²) in [7, 11) is 0. The quantitative estimate of drug-likeness (QED) is 0.838. The molecular formula is C12H12IN3OS. The Kier molecular flexibility index (Phi) is 4.28. The SMILES string of the molecule is CC(C)c1nnc(NC(=O)c2ccccc2I)s1. The van der Waals surface area contributed by atoms with E-state index in [0.29, 0.717) is 16.6 Å². The van der Waals surface area contributed by atoms with Crippen LogP contribution in [0.4, 0.5) is 5.13 Å². The Morgan fingerprint density at radius 3 is 2.67 bits per heavy atom. The second-order valence-electron chi connectivity index (χ2n) is 4.03. The molecule has 0 atom stereocenters. The van der Waals surface area contributed by atoms with Crippen molar-refractivity contribution in [3.63, 3.8) is 0 Å². The summed E-state index contributed by atoms with van der Waals surface area (Å²) < 4.78 is 0.918. The van der Waals surface area contributed by atoms with Gasteiger partial charge in [0.1, 0.15) is 5.01 Å². The first kappa shape index (κ1) is 13.4. The number of hydrogen-bond donors (Lipinski definition) is 1. The molecule has 0 radical (unpaired) electrons. The molecule has 0 bridgehead atoms. The highest BCUT2D eigenvalue weighted by Crippen LogP contribution is 2.23. The minimum absolute atomic E-state index is 0.147. The molecule has 1 aromatic carbocycles. The Morgan fingerprint density at radius 1 is 1.33 bits per heavy atom. The van der Waals surface area contributed by atoms with Crippen LogP contribution in [0.3, 0.4) is 0 Å². The number of halogens is 1. The van der Waals surface area contributed by atoms with Crippen LogP contribution < -0.4 is 5.32 Å². The molecule has 0 saturated heterocycles. The van der Waals surface area contributed by atoms with Crippen LogP contribution in [0, 0.1) is 3.57 Å². The minimum Gasteiger partial charge on any atom is -0.296 e. The van der Waals surface area contributed by atoms with E-state index in [0.717, 1.165) is 8.58 Å². The summed E-state index contributed by atoms with van der Waals surface area (Å²) in [5.41, 5.74) is 0.652. The monoisotopic (exact) mass is 373 g/mol. The molecule has 2 rings (SSSR count). The predicted octanol–water partition coefficient (Wildman–Crippen LogP) is 3.52. The van der Waals surface area contributed by atoms with E-state index in [9.17, 15) is 4.79 Å². The molecule has 4 nitrogen and oxygen atoms in total. The van der Waals surface area contributed by atoms with Crippen LogP contribution in [-0.4, -0.2) is 16.1 Å². The van der Waals surface area contributed by atoms with E-state index in [4.69, 9.17) is 0 Å². The van der Waals surface area contributed by atoms with E-state index in [1.54, 1.807) is 6.07 Å². The maximum atomic E-state index is 12.0. The van der Waals surface area contributed by atoms with E-state index in [1.165, 1.54) is 11.3 Å². The van der Waals surface area contributed by atoms with Gasteiger partial charge < -0.3 is 0 Å². The summed E-state index contributed by atoms with van der Waals surface area (Å²) in [6.45, 7) is 4.10. The fraction of sp³-hybridized carbons (Fsp3) is 0.250. The third-order valence-electron chi connectivity index (χ3n) is 2.27. The Morgan fingerprint density at radius 2 is 2.06 bits per heavy atom. The van der Waals surface area contributed by atoms with E-state index in [2.05, 4.69) is 38.1 Å². The van der Waals surface area contributed by atoms with Crippen molar-refractivity contribution in [1.29, 1.82) is 0 Å². The van der Waals surface area contributed by atoms with Crippen molar-refractivity contribution in [3.8, 4) is 0 Å². The first-order valence-corrected chi connectivity index (χ1v) is 7.36. The first-order chi connectivity index (χ1) is 8.58. The molecule has 0 aliphatic rings. The highest BCUT2D eigenvalue weighted by Gasteiger charge is 2.13. The lowest BCUT2D eigenvalue weighted by atomic mass is 10.2. The van der Waals surface area contributed by atoms with Crippen LogP contribution in [0.1, 0.15) is 35.1 Å². The predicted molar refractivity (Wildman–Crippen MR) is 81.1 cm³/mol. The van der Waals surface area contributed by atoms with Crippen molar-refractivity contribution in [1.82, 2.24) is 10.2 Å². The molecule has 18 heavy (non-hydrogen) atoms. The van der Waals surface area contributed by atoms with Crippen LogP contribution in [0.2, 0.25) is 0 Å². The highest BCUT2D eigenvalue weighted by molar-refractivity contribution is 14.1. The average Bonchev–Trinajstić information content (AvgIpc) is 2.78. The highest BCUT2D eigenvalue weighted by atomic mass is 127. The van der Waals surface area contributed by atoms with Crippen LogP contribution in [0.5, 0.6) is 0 Å². The van der Waals surface area contributed by atoms with Crippen molar-refractivity contribution in [3.05, 3.63) is 38.4 Å². The molecule has 2 aromatic rings. The number of carbonyl (C=O) groups excluding carboxylic acids is 1. The van der Waals surface area contributed by atoms with Crippen molar-refractivity contribution in [2.75, 3.05) is 5.32 Å². The molecule has 0 unspecified atom stereocenters. The Hall–Kier alpha value is -1.02. The van der Waals surface area contributed by atoms with E-state index >= 15 is 0 Å². The third-order valence-corrected chi connectivity index (χ3v) is 4.35. The minimum atomic E-state index is -0.147. The number of benzene rings is 1. The summed E-state index contributed by atoms with van der Waals surface area (Å²) in [5.74, 6) is 0.177. The number of nitrogens with one attached hydrogen (secondary N) is 1. The Balaban J connectivity index is 2.14. The van der Waals surface area contributed by atoms with Gasteiger partial charge in [-0.2, -0.15) is 0 Å². The lowest BCUT2D eigenvalue weighted by Crippen LogP contribution is -2.13. The van der Waals surface area contributed by atoms with E-state index in [-0.39, 0.29) is 5.91 Å². The molecule has 1 aromatic heterocycles. The zero-order valence-electron chi connectivity index (χ0n) is 9.98. The number of amides is 1. The Bertz CT molecular complexity index is 568. The van der Waals surface area contributed by atoms with Crippen LogP contribution in [-0.2, 0) is 0 Å². The molecule has 6 heteroatoms. The first-order valence-electron chi connectivity index (χ1n) is 5.47. The zero-order chi connectivity index (χ0) is 13.1. The second kappa shape index (κ2) is 5.75. The number of carbonyl (C=O) groups is 1. The number of aromatic nitrogens is 2. The maximum absolute atomic E-state index is 12.0. The molecule has 0 aliphatic heterocycles. The zero-order valence-corrected chi connectivity index (χ0v) is 12.9. The van der Waals surface area contributed by atoms with E-state index < -0.39 is 0 Å². The number of hydrogen-bond acceptors (Lipinski definition) is 4. The number of anilines is 1. The van der Waals surface area contributed by atoms with Crippen molar-refractivity contribution >= 4 is 45.0 Å². The summed E-state index contributed by atoms with van der Waals surface area (Å²) >= 11 is 3.55. The normalized spacial score (nSPS) is 10.7. The van der Waals surface area contributed by atoms with Gasteiger partial charge in [0.2, 0.25) is 5.13 Å². The van der Waals surface area contributed by atoms with Gasteiger partial charge in [0.15, 0.2) is 0 Å². The maximum Gasteiger partial charge on any atom is 0.258 e. The summed E-state index contributed by atoms with van der Waals surface area (Å²) in [4.78, 5) is 12.0. The fourth-order valence-corrected chi connectivity index (χ4v) is 2.70. The van der Waals surface area contributed by atoms with Gasteiger partial charge in [0.05, 0.1) is 5.56 Å². The molecule has 1 heterocycles.